The lowest BCUT2D eigenvalue weighted by Crippen LogP contribution is -2.25. The first-order chi connectivity index (χ1) is 23.6. The molecule has 0 aromatic carbocycles. The van der Waals surface area contributed by atoms with Gasteiger partial charge in [0.1, 0.15) is 0 Å². The van der Waals surface area contributed by atoms with Gasteiger partial charge in [-0.1, -0.05) is 141 Å². The third kappa shape index (κ3) is 28.2. The third-order valence-corrected chi connectivity index (χ3v) is 9.96. The number of nitrogens with zero attached hydrogens (tertiary/aromatic N) is 1. The van der Waals surface area contributed by atoms with Gasteiger partial charge in [0.25, 0.3) is 0 Å². The standard InChI is InChI=1S/C43H79NO4/c1-4-6-8-10-12-14-16-18-20-22-24-26-28-30-32-34-42(45)47-38-40-36-44(3)37-41(40)39-48-43(46)35-33-31-29-27-25-23-21-19-17-15-13-11-9-7-5-2/h18-21,40-41H,4-17,22-39H2,1-3H3/b20-18-,21-19-/t40-,41?/m0/s1. The highest BCUT2D eigenvalue weighted by Crippen LogP contribution is 2.24. The summed E-state index contributed by atoms with van der Waals surface area (Å²) in [5.74, 6) is 0.311. The lowest BCUT2D eigenvalue weighted by molar-refractivity contribution is -0.149. The van der Waals surface area contributed by atoms with Gasteiger partial charge >= 0.3 is 11.9 Å². The summed E-state index contributed by atoms with van der Waals surface area (Å²) in [7, 11) is 2.09. The normalized spacial score (nSPS) is 16.8. The molecule has 2 atom stereocenters. The molecule has 1 rings (SSSR count). The molecule has 0 aromatic rings. The summed E-state index contributed by atoms with van der Waals surface area (Å²) >= 11 is 0. The van der Waals surface area contributed by atoms with Crippen LogP contribution < -0.4 is 0 Å². The molecule has 0 radical (unpaired) electrons. The average molecular weight is 674 g/mol. The Balaban J connectivity index is 1.98. The van der Waals surface area contributed by atoms with Crippen molar-refractivity contribution in [2.24, 2.45) is 11.8 Å². The molecule has 1 unspecified atom stereocenters. The van der Waals surface area contributed by atoms with E-state index >= 15 is 0 Å². The zero-order valence-corrected chi connectivity index (χ0v) is 32.2. The van der Waals surface area contributed by atoms with Gasteiger partial charge < -0.3 is 14.4 Å². The van der Waals surface area contributed by atoms with E-state index in [0.29, 0.717) is 26.1 Å². The van der Waals surface area contributed by atoms with Crippen LogP contribution in [-0.2, 0) is 19.1 Å². The monoisotopic (exact) mass is 674 g/mol. The van der Waals surface area contributed by atoms with Crippen molar-refractivity contribution in [3.05, 3.63) is 24.3 Å². The van der Waals surface area contributed by atoms with Gasteiger partial charge in [-0.25, -0.2) is 0 Å². The molecule has 280 valence electrons. The molecule has 5 heteroatoms. The number of carbonyl (C=O) groups excluding carboxylic acids is 2. The van der Waals surface area contributed by atoms with Gasteiger partial charge in [-0.2, -0.15) is 0 Å². The van der Waals surface area contributed by atoms with E-state index in [0.717, 1.165) is 38.8 Å². The van der Waals surface area contributed by atoms with Crippen LogP contribution in [0.25, 0.3) is 0 Å². The molecular formula is C43H79NO4. The average Bonchev–Trinajstić information content (AvgIpc) is 3.45. The first kappa shape index (κ1) is 44.4. The van der Waals surface area contributed by atoms with Crippen molar-refractivity contribution in [2.75, 3.05) is 33.4 Å². The largest absolute Gasteiger partial charge is 0.465 e. The van der Waals surface area contributed by atoms with E-state index in [2.05, 4.69) is 50.1 Å². The molecule has 1 saturated heterocycles. The minimum absolute atomic E-state index is 0.0814. The number of rotatable bonds is 34. The molecule has 1 heterocycles. The second-order valence-electron chi connectivity index (χ2n) is 14.8. The molecular weight excluding hydrogens is 594 g/mol. The quantitative estimate of drug-likeness (QED) is 0.0386. The van der Waals surface area contributed by atoms with Gasteiger partial charge in [-0.15, -0.1) is 0 Å². The van der Waals surface area contributed by atoms with E-state index in [1.807, 2.05) is 0 Å². The minimum Gasteiger partial charge on any atom is -0.465 e. The van der Waals surface area contributed by atoms with Crippen LogP contribution in [0.1, 0.15) is 194 Å². The summed E-state index contributed by atoms with van der Waals surface area (Å²) in [6, 6.07) is 0. The molecule has 0 N–H and O–H groups in total. The maximum Gasteiger partial charge on any atom is 0.305 e. The van der Waals surface area contributed by atoms with Gasteiger partial charge in [0, 0.05) is 37.8 Å². The van der Waals surface area contributed by atoms with Crippen molar-refractivity contribution in [1.29, 1.82) is 0 Å². The van der Waals surface area contributed by atoms with Crippen LogP contribution in [-0.4, -0.2) is 50.2 Å². The summed E-state index contributed by atoms with van der Waals surface area (Å²) in [4.78, 5) is 27.0. The summed E-state index contributed by atoms with van der Waals surface area (Å²) < 4.78 is 11.3. The first-order valence-corrected chi connectivity index (χ1v) is 20.9. The van der Waals surface area contributed by atoms with Crippen LogP contribution in [0.2, 0.25) is 0 Å². The molecule has 1 aliphatic rings. The van der Waals surface area contributed by atoms with Crippen LogP contribution in [0.15, 0.2) is 24.3 Å². The number of carbonyl (C=O) groups is 2. The molecule has 1 aliphatic heterocycles. The zero-order valence-electron chi connectivity index (χ0n) is 32.2. The van der Waals surface area contributed by atoms with Crippen molar-refractivity contribution in [3.63, 3.8) is 0 Å². The van der Waals surface area contributed by atoms with Gasteiger partial charge in [0.15, 0.2) is 0 Å². The fraction of sp³-hybridized carbons (Fsp3) is 0.860. The van der Waals surface area contributed by atoms with Gasteiger partial charge in [-0.3, -0.25) is 9.59 Å². The second kappa shape index (κ2) is 33.9. The van der Waals surface area contributed by atoms with Crippen LogP contribution >= 0.6 is 0 Å². The molecule has 0 aliphatic carbocycles. The number of ether oxygens (including phenoxy) is 2. The topological polar surface area (TPSA) is 55.8 Å². The summed E-state index contributed by atoms with van der Waals surface area (Å²) in [5, 5.41) is 0. The van der Waals surface area contributed by atoms with E-state index in [4.69, 9.17) is 9.47 Å². The fourth-order valence-corrected chi connectivity index (χ4v) is 6.78. The van der Waals surface area contributed by atoms with Crippen LogP contribution in [0, 0.1) is 11.8 Å². The molecule has 5 nitrogen and oxygen atoms in total. The van der Waals surface area contributed by atoms with Crippen LogP contribution in [0.5, 0.6) is 0 Å². The first-order valence-electron chi connectivity index (χ1n) is 20.9. The maximum atomic E-state index is 12.4. The van der Waals surface area contributed by atoms with E-state index in [-0.39, 0.29) is 23.8 Å². The number of hydrogen-bond acceptors (Lipinski definition) is 5. The second-order valence-corrected chi connectivity index (χ2v) is 14.8. The Morgan fingerprint density at radius 2 is 0.771 bits per heavy atom. The Kier molecular flexibility index (Phi) is 31.3. The van der Waals surface area contributed by atoms with Crippen molar-refractivity contribution < 1.29 is 19.1 Å². The highest BCUT2D eigenvalue weighted by molar-refractivity contribution is 5.69. The fourth-order valence-electron chi connectivity index (χ4n) is 6.78. The highest BCUT2D eigenvalue weighted by atomic mass is 16.5. The molecule has 0 saturated carbocycles. The predicted molar refractivity (Wildman–Crippen MR) is 205 cm³/mol. The molecule has 0 bridgehead atoms. The molecule has 0 amide bonds. The Hall–Kier alpha value is -1.62. The lowest BCUT2D eigenvalue weighted by atomic mass is 9.98. The molecule has 1 fully saturated rings. The summed E-state index contributed by atoms with van der Waals surface area (Å²) in [6.45, 7) is 7.18. The smallest absolute Gasteiger partial charge is 0.305 e. The van der Waals surface area contributed by atoms with Crippen molar-refractivity contribution in [3.8, 4) is 0 Å². The van der Waals surface area contributed by atoms with Gasteiger partial charge in [0.2, 0.25) is 0 Å². The number of likely N-dealkylation sites (tertiary alicyclic amines) is 1. The van der Waals surface area contributed by atoms with Crippen LogP contribution in [0.3, 0.4) is 0 Å². The molecule has 0 aromatic heterocycles. The van der Waals surface area contributed by atoms with E-state index < -0.39 is 0 Å². The third-order valence-electron chi connectivity index (χ3n) is 9.96. The van der Waals surface area contributed by atoms with Gasteiger partial charge in [0.05, 0.1) is 13.2 Å². The highest BCUT2D eigenvalue weighted by Gasteiger charge is 2.32. The Bertz CT molecular complexity index is 730. The predicted octanol–water partition coefficient (Wildman–Crippen LogP) is 12.3. The van der Waals surface area contributed by atoms with Crippen molar-refractivity contribution >= 4 is 11.9 Å². The number of unbranched alkanes of at least 4 members (excludes halogenated alkanes) is 22. The number of allylic oxidation sites excluding steroid dienone is 4. The van der Waals surface area contributed by atoms with E-state index in [9.17, 15) is 9.59 Å². The number of hydrogen-bond donors (Lipinski definition) is 0. The van der Waals surface area contributed by atoms with Gasteiger partial charge in [-0.05, 0) is 71.3 Å². The Labute approximate surface area is 298 Å². The minimum atomic E-state index is -0.0814. The zero-order chi connectivity index (χ0) is 34.8. The SMILES string of the molecule is CCCCCCCC/C=C\CCCCCCCC(=O)OCC1CN(C)C[C@H]1COC(=O)CCCCCCC/C=C\CCCCCCCC. The Morgan fingerprint density at radius 1 is 0.479 bits per heavy atom. The maximum absolute atomic E-state index is 12.4. The van der Waals surface area contributed by atoms with Crippen molar-refractivity contribution in [2.45, 2.75) is 194 Å². The summed E-state index contributed by atoms with van der Waals surface area (Å²) in [5.41, 5.74) is 0. The van der Waals surface area contributed by atoms with Crippen molar-refractivity contribution in [1.82, 2.24) is 4.90 Å². The Morgan fingerprint density at radius 3 is 1.10 bits per heavy atom. The van der Waals surface area contributed by atoms with E-state index in [1.54, 1.807) is 0 Å². The summed E-state index contributed by atoms with van der Waals surface area (Å²) in [6.07, 6.45) is 43.1. The molecule has 0 spiro atoms. The van der Waals surface area contributed by atoms with Crippen LogP contribution in [0.4, 0.5) is 0 Å². The van der Waals surface area contributed by atoms with E-state index in [1.165, 1.54) is 141 Å². The molecule has 48 heavy (non-hydrogen) atoms. The number of esters is 2. The lowest BCUT2D eigenvalue weighted by Gasteiger charge is -2.18.